The molecule has 0 heterocycles. The summed E-state index contributed by atoms with van der Waals surface area (Å²) < 4.78 is 6.54. The highest BCUT2D eigenvalue weighted by atomic mass is 79.9. The van der Waals surface area contributed by atoms with Crippen LogP contribution in [-0.2, 0) is 0 Å². The van der Waals surface area contributed by atoms with Gasteiger partial charge < -0.3 is 10.5 Å². The van der Waals surface area contributed by atoms with Gasteiger partial charge in [-0.25, -0.2) is 0 Å². The van der Waals surface area contributed by atoms with Gasteiger partial charge in [-0.15, -0.1) is 0 Å². The van der Waals surface area contributed by atoms with Crippen LogP contribution < -0.4 is 10.5 Å². The second-order valence-electron chi connectivity index (χ2n) is 4.17. The van der Waals surface area contributed by atoms with Crippen molar-refractivity contribution in [2.75, 3.05) is 5.73 Å². The molecule has 0 radical (unpaired) electrons. The summed E-state index contributed by atoms with van der Waals surface area (Å²) in [6, 6.07) is 14.3. The Morgan fingerprint density at radius 3 is 2.42 bits per heavy atom. The molecule has 0 aliphatic heterocycles. The molecule has 0 aliphatic carbocycles. The van der Waals surface area contributed by atoms with E-state index in [4.69, 9.17) is 10.5 Å². The van der Waals surface area contributed by atoms with E-state index in [9.17, 15) is 4.79 Å². The summed E-state index contributed by atoms with van der Waals surface area (Å²) in [6.45, 7) is 1.72. The summed E-state index contributed by atoms with van der Waals surface area (Å²) in [5.41, 5.74) is 6.93. The Balaban J connectivity index is 2.12. The van der Waals surface area contributed by atoms with Crippen LogP contribution in [-0.4, -0.2) is 11.9 Å². The maximum Gasteiger partial charge on any atom is 0.202 e. The fourth-order valence-corrected chi connectivity index (χ4v) is 1.95. The van der Waals surface area contributed by atoms with Crippen LogP contribution in [0.3, 0.4) is 0 Å². The number of nitrogens with two attached hydrogens (primary N) is 1. The van der Waals surface area contributed by atoms with Crippen molar-refractivity contribution in [3.8, 4) is 5.75 Å². The van der Waals surface area contributed by atoms with Crippen molar-refractivity contribution in [3.05, 3.63) is 58.6 Å². The smallest absolute Gasteiger partial charge is 0.202 e. The van der Waals surface area contributed by atoms with Crippen molar-refractivity contribution in [1.29, 1.82) is 0 Å². The summed E-state index contributed by atoms with van der Waals surface area (Å²) in [7, 11) is 0. The zero-order valence-corrected chi connectivity index (χ0v) is 12.1. The number of nitrogen functional groups attached to an aromatic ring is 1. The lowest BCUT2D eigenvalue weighted by Gasteiger charge is -2.15. The number of para-hydroxylation sites is 2. The van der Waals surface area contributed by atoms with Gasteiger partial charge in [0.25, 0.3) is 0 Å². The molecule has 19 heavy (non-hydrogen) atoms. The van der Waals surface area contributed by atoms with Gasteiger partial charge in [-0.3, -0.25) is 4.79 Å². The van der Waals surface area contributed by atoms with Gasteiger partial charge in [-0.1, -0.05) is 40.2 Å². The number of rotatable bonds is 4. The van der Waals surface area contributed by atoms with Crippen molar-refractivity contribution in [2.24, 2.45) is 0 Å². The Labute approximate surface area is 120 Å². The molecule has 0 bridgehead atoms. The average molecular weight is 320 g/mol. The van der Waals surface area contributed by atoms with Crippen LogP contribution >= 0.6 is 15.9 Å². The molecule has 0 saturated carbocycles. The number of ketones is 1. The molecule has 0 fully saturated rings. The first-order valence-electron chi connectivity index (χ1n) is 5.89. The van der Waals surface area contributed by atoms with Crippen LogP contribution in [0.25, 0.3) is 0 Å². The van der Waals surface area contributed by atoms with Gasteiger partial charge in [0.2, 0.25) is 5.78 Å². The minimum Gasteiger partial charge on any atom is -0.480 e. The van der Waals surface area contributed by atoms with Crippen LogP contribution in [0, 0.1) is 0 Å². The third-order valence-corrected chi connectivity index (χ3v) is 3.25. The molecule has 0 amide bonds. The van der Waals surface area contributed by atoms with Crippen LogP contribution in [0.4, 0.5) is 5.69 Å². The maximum absolute atomic E-state index is 12.2. The highest BCUT2D eigenvalue weighted by molar-refractivity contribution is 9.10. The first-order valence-corrected chi connectivity index (χ1v) is 6.68. The fraction of sp³-hybridized carbons (Fsp3) is 0.133. The largest absolute Gasteiger partial charge is 0.480 e. The lowest BCUT2D eigenvalue weighted by molar-refractivity contribution is 0.0819. The zero-order valence-electron chi connectivity index (χ0n) is 10.5. The fourth-order valence-electron chi connectivity index (χ4n) is 1.68. The quantitative estimate of drug-likeness (QED) is 0.690. The van der Waals surface area contributed by atoms with Crippen molar-refractivity contribution in [3.63, 3.8) is 0 Å². The van der Waals surface area contributed by atoms with E-state index in [2.05, 4.69) is 15.9 Å². The van der Waals surface area contributed by atoms with E-state index in [-0.39, 0.29) is 5.78 Å². The molecule has 0 spiro atoms. The first-order chi connectivity index (χ1) is 9.08. The zero-order chi connectivity index (χ0) is 13.8. The number of halogens is 1. The molecule has 2 aromatic rings. The number of carbonyl (C=O) groups is 1. The van der Waals surface area contributed by atoms with E-state index >= 15 is 0 Å². The normalized spacial score (nSPS) is 11.9. The topological polar surface area (TPSA) is 52.3 Å². The van der Waals surface area contributed by atoms with E-state index in [0.29, 0.717) is 17.0 Å². The van der Waals surface area contributed by atoms with Gasteiger partial charge in [0, 0.05) is 10.0 Å². The summed E-state index contributed by atoms with van der Waals surface area (Å²) >= 11 is 3.34. The minimum absolute atomic E-state index is 0.0734. The summed E-state index contributed by atoms with van der Waals surface area (Å²) in [5, 5.41) is 0. The molecule has 1 atom stereocenters. The van der Waals surface area contributed by atoms with E-state index in [1.807, 2.05) is 24.3 Å². The van der Waals surface area contributed by atoms with Crippen molar-refractivity contribution in [2.45, 2.75) is 13.0 Å². The highest BCUT2D eigenvalue weighted by Crippen LogP contribution is 2.22. The maximum atomic E-state index is 12.2. The van der Waals surface area contributed by atoms with E-state index in [1.54, 1.807) is 31.2 Å². The van der Waals surface area contributed by atoms with Gasteiger partial charge >= 0.3 is 0 Å². The molecular formula is C15H14BrNO2. The number of anilines is 1. The predicted molar refractivity (Wildman–Crippen MR) is 79.4 cm³/mol. The molecule has 2 N–H and O–H groups in total. The minimum atomic E-state index is -0.578. The Morgan fingerprint density at radius 2 is 1.79 bits per heavy atom. The lowest BCUT2D eigenvalue weighted by Crippen LogP contribution is -2.24. The standard InChI is InChI=1S/C15H14BrNO2/c1-10(19-14-5-3-2-4-13(14)17)15(18)11-6-8-12(16)9-7-11/h2-10H,17H2,1H3. The van der Waals surface area contributed by atoms with Crippen LogP contribution in [0.5, 0.6) is 5.75 Å². The number of hydrogen-bond acceptors (Lipinski definition) is 3. The molecule has 4 heteroatoms. The summed E-state index contributed by atoms with van der Waals surface area (Å²) in [4.78, 5) is 12.2. The Morgan fingerprint density at radius 1 is 1.16 bits per heavy atom. The molecule has 0 saturated heterocycles. The monoisotopic (exact) mass is 319 g/mol. The van der Waals surface area contributed by atoms with Crippen LogP contribution in [0.2, 0.25) is 0 Å². The molecule has 0 aliphatic rings. The second kappa shape index (κ2) is 5.89. The molecule has 0 aromatic heterocycles. The number of hydrogen-bond donors (Lipinski definition) is 1. The lowest BCUT2D eigenvalue weighted by atomic mass is 10.1. The highest BCUT2D eigenvalue weighted by Gasteiger charge is 2.17. The van der Waals surface area contributed by atoms with Crippen molar-refractivity contribution in [1.82, 2.24) is 0 Å². The Hall–Kier alpha value is -1.81. The van der Waals surface area contributed by atoms with E-state index in [0.717, 1.165) is 4.47 Å². The van der Waals surface area contributed by atoms with E-state index < -0.39 is 6.10 Å². The molecule has 2 aromatic carbocycles. The number of ether oxygens (including phenoxy) is 1. The van der Waals surface area contributed by atoms with Gasteiger partial charge in [-0.2, -0.15) is 0 Å². The molecule has 98 valence electrons. The van der Waals surface area contributed by atoms with E-state index in [1.165, 1.54) is 0 Å². The Bertz CT molecular complexity index is 581. The number of Topliss-reactive ketones (excluding diaryl/α,β-unsaturated/α-hetero) is 1. The van der Waals surface area contributed by atoms with Gasteiger partial charge in [0.15, 0.2) is 6.10 Å². The molecule has 2 rings (SSSR count). The summed E-state index contributed by atoms with van der Waals surface area (Å²) in [5.74, 6) is 0.455. The van der Waals surface area contributed by atoms with Gasteiger partial charge in [0.1, 0.15) is 5.75 Å². The van der Waals surface area contributed by atoms with Gasteiger partial charge in [-0.05, 0) is 31.2 Å². The first kappa shape index (κ1) is 13.6. The number of benzene rings is 2. The SMILES string of the molecule is CC(Oc1ccccc1N)C(=O)c1ccc(Br)cc1. The Kier molecular flexibility index (Phi) is 4.22. The van der Waals surface area contributed by atoms with Crippen LogP contribution in [0.15, 0.2) is 53.0 Å². The number of carbonyl (C=O) groups excluding carboxylic acids is 1. The second-order valence-corrected chi connectivity index (χ2v) is 5.08. The third-order valence-electron chi connectivity index (χ3n) is 2.72. The predicted octanol–water partition coefficient (Wildman–Crippen LogP) is 3.68. The van der Waals surface area contributed by atoms with Crippen molar-refractivity contribution >= 4 is 27.4 Å². The van der Waals surface area contributed by atoms with Crippen molar-refractivity contribution < 1.29 is 9.53 Å². The molecule has 1 unspecified atom stereocenters. The van der Waals surface area contributed by atoms with Gasteiger partial charge in [0.05, 0.1) is 5.69 Å². The average Bonchev–Trinajstić information content (AvgIpc) is 2.41. The third kappa shape index (κ3) is 3.35. The molecular weight excluding hydrogens is 306 g/mol. The van der Waals surface area contributed by atoms with Crippen LogP contribution in [0.1, 0.15) is 17.3 Å². The summed E-state index contributed by atoms with van der Waals surface area (Å²) in [6.07, 6.45) is -0.578. The molecule has 3 nitrogen and oxygen atoms in total.